The van der Waals surface area contributed by atoms with Gasteiger partial charge in [0.05, 0.1) is 0 Å². The van der Waals surface area contributed by atoms with Gasteiger partial charge in [0.1, 0.15) is 11.8 Å². The van der Waals surface area contributed by atoms with Gasteiger partial charge in [0, 0.05) is 12.0 Å². The molecule has 2 rings (SSSR count). The van der Waals surface area contributed by atoms with Crippen molar-refractivity contribution >= 4 is 17.7 Å². The van der Waals surface area contributed by atoms with Crippen LogP contribution < -0.4 is 21.5 Å². The Morgan fingerprint density at radius 2 is 1.60 bits per heavy atom. The number of benzene rings is 2. The molecular formula is C18H19N3O4. The molecule has 0 spiro atoms. The van der Waals surface area contributed by atoms with Gasteiger partial charge in [-0.1, -0.05) is 30.3 Å². The minimum Gasteiger partial charge on any atom is -0.484 e. The van der Waals surface area contributed by atoms with Crippen LogP contribution in [-0.2, 0) is 16.0 Å². The van der Waals surface area contributed by atoms with Crippen LogP contribution in [-0.4, -0.2) is 30.4 Å². The third kappa shape index (κ3) is 5.65. The van der Waals surface area contributed by atoms with Crippen molar-refractivity contribution < 1.29 is 19.1 Å². The zero-order chi connectivity index (χ0) is 18.2. The average Bonchev–Trinajstić information content (AvgIpc) is 2.60. The highest BCUT2D eigenvalue weighted by atomic mass is 16.5. The molecule has 1 atom stereocenters. The van der Waals surface area contributed by atoms with Gasteiger partial charge in [0.25, 0.3) is 5.91 Å². The molecule has 0 unspecified atom stereocenters. The maximum absolute atomic E-state index is 12.0. The monoisotopic (exact) mass is 341 g/mol. The zero-order valence-electron chi connectivity index (χ0n) is 13.5. The second-order valence-corrected chi connectivity index (χ2v) is 5.39. The Bertz CT molecular complexity index is 745. The van der Waals surface area contributed by atoms with Crippen molar-refractivity contribution in [1.29, 1.82) is 0 Å². The third-order valence-corrected chi connectivity index (χ3v) is 3.47. The fraction of sp³-hybridized carbons (Fsp3) is 0.167. The van der Waals surface area contributed by atoms with Crippen LogP contribution in [0.2, 0.25) is 0 Å². The number of amides is 3. The number of rotatable bonds is 8. The fourth-order valence-corrected chi connectivity index (χ4v) is 2.17. The number of nitrogens with one attached hydrogen (secondary N) is 1. The van der Waals surface area contributed by atoms with E-state index >= 15 is 0 Å². The molecule has 7 nitrogen and oxygen atoms in total. The molecule has 0 bridgehead atoms. The standard InChI is InChI=1S/C18H19N3O4/c19-17(23)13-6-8-14(9-7-13)25-11-16(22)21-15(18(20)24)10-12-4-2-1-3-5-12/h1-9,15H,10-11H2,(H2,19,23)(H2,20,24)(H,21,22)/t15-/m1/s1. The third-order valence-electron chi connectivity index (χ3n) is 3.47. The van der Waals surface area contributed by atoms with Crippen molar-refractivity contribution in [2.75, 3.05) is 6.61 Å². The summed E-state index contributed by atoms with van der Waals surface area (Å²) in [6.45, 7) is -0.283. The van der Waals surface area contributed by atoms with Crippen LogP contribution in [0.1, 0.15) is 15.9 Å². The smallest absolute Gasteiger partial charge is 0.258 e. The van der Waals surface area contributed by atoms with E-state index in [1.807, 2.05) is 30.3 Å². The van der Waals surface area contributed by atoms with Crippen LogP contribution in [0.3, 0.4) is 0 Å². The largest absolute Gasteiger partial charge is 0.484 e. The van der Waals surface area contributed by atoms with Crippen molar-refractivity contribution in [3.05, 3.63) is 65.7 Å². The van der Waals surface area contributed by atoms with E-state index in [0.717, 1.165) is 5.56 Å². The predicted octanol–water partition coefficient (Wildman–Crippen LogP) is 0.377. The van der Waals surface area contributed by atoms with Crippen molar-refractivity contribution in [2.24, 2.45) is 11.5 Å². The molecule has 5 N–H and O–H groups in total. The average molecular weight is 341 g/mol. The van der Waals surface area contributed by atoms with Crippen LogP contribution in [0.5, 0.6) is 5.75 Å². The second-order valence-electron chi connectivity index (χ2n) is 5.39. The van der Waals surface area contributed by atoms with Gasteiger partial charge in [0.15, 0.2) is 6.61 Å². The molecular weight excluding hydrogens is 322 g/mol. The number of primary amides is 2. The summed E-state index contributed by atoms with van der Waals surface area (Å²) in [5.41, 5.74) is 11.7. The first-order chi connectivity index (χ1) is 12.0. The summed E-state index contributed by atoms with van der Waals surface area (Å²) in [5, 5.41) is 2.55. The first-order valence-corrected chi connectivity index (χ1v) is 7.61. The van der Waals surface area contributed by atoms with Crippen LogP contribution in [0, 0.1) is 0 Å². The summed E-state index contributed by atoms with van der Waals surface area (Å²) in [4.78, 5) is 34.5. The summed E-state index contributed by atoms with van der Waals surface area (Å²) in [5.74, 6) is -1.24. The van der Waals surface area contributed by atoms with E-state index in [1.54, 1.807) is 0 Å². The lowest BCUT2D eigenvalue weighted by Crippen LogP contribution is -2.47. The Morgan fingerprint density at radius 3 is 2.16 bits per heavy atom. The fourth-order valence-electron chi connectivity index (χ4n) is 2.17. The molecule has 0 aromatic heterocycles. The van der Waals surface area contributed by atoms with E-state index in [2.05, 4.69) is 5.32 Å². The molecule has 0 aliphatic carbocycles. The van der Waals surface area contributed by atoms with E-state index in [0.29, 0.717) is 17.7 Å². The van der Waals surface area contributed by atoms with Crippen molar-refractivity contribution in [3.63, 3.8) is 0 Å². The summed E-state index contributed by atoms with van der Waals surface area (Å²) in [6, 6.07) is 14.5. The number of ether oxygens (including phenoxy) is 1. The highest BCUT2D eigenvalue weighted by molar-refractivity contribution is 5.92. The number of nitrogens with two attached hydrogens (primary N) is 2. The molecule has 0 saturated carbocycles. The molecule has 130 valence electrons. The number of hydrogen-bond acceptors (Lipinski definition) is 4. The maximum Gasteiger partial charge on any atom is 0.258 e. The normalized spacial score (nSPS) is 11.4. The van der Waals surface area contributed by atoms with E-state index in [9.17, 15) is 14.4 Å². The second kappa shape index (κ2) is 8.49. The first kappa shape index (κ1) is 18.0. The maximum atomic E-state index is 12.0. The summed E-state index contributed by atoms with van der Waals surface area (Å²) < 4.78 is 5.32. The number of hydrogen-bond donors (Lipinski definition) is 3. The van der Waals surface area contributed by atoms with E-state index in [-0.39, 0.29) is 6.61 Å². The van der Waals surface area contributed by atoms with Crippen molar-refractivity contribution in [1.82, 2.24) is 5.32 Å². The first-order valence-electron chi connectivity index (χ1n) is 7.61. The summed E-state index contributed by atoms with van der Waals surface area (Å²) in [6.07, 6.45) is 0.301. The Kier molecular flexibility index (Phi) is 6.11. The summed E-state index contributed by atoms with van der Waals surface area (Å²) in [7, 11) is 0. The van der Waals surface area contributed by atoms with Gasteiger partial charge in [-0.2, -0.15) is 0 Å². The van der Waals surface area contributed by atoms with Gasteiger partial charge < -0.3 is 21.5 Å². The molecule has 2 aromatic rings. The molecule has 0 fully saturated rings. The van der Waals surface area contributed by atoms with E-state index < -0.39 is 23.8 Å². The molecule has 0 saturated heterocycles. The molecule has 0 radical (unpaired) electrons. The van der Waals surface area contributed by atoms with Gasteiger partial charge in [-0.05, 0) is 29.8 Å². The van der Waals surface area contributed by atoms with Crippen LogP contribution in [0.25, 0.3) is 0 Å². The van der Waals surface area contributed by atoms with Crippen LogP contribution in [0.4, 0.5) is 0 Å². The molecule has 3 amide bonds. The lowest BCUT2D eigenvalue weighted by molar-refractivity contribution is -0.128. The van der Waals surface area contributed by atoms with Crippen LogP contribution in [0.15, 0.2) is 54.6 Å². The van der Waals surface area contributed by atoms with Gasteiger partial charge in [0.2, 0.25) is 11.8 Å². The van der Waals surface area contributed by atoms with E-state index in [1.165, 1.54) is 24.3 Å². The van der Waals surface area contributed by atoms with Crippen molar-refractivity contribution in [3.8, 4) is 5.75 Å². The minimum absolute atomic E-state index is 0.283. The summed E-state index contributed by atoms with van der Waals surface area (Å²) >= 11 is 0. The molecule has 7 heteroatoms. The van der Waals surface area contributed by atoms with Crippen LogP contribution >= 0.6 is 0 Å². The van der Waals surface area contributed by atoms with Gasteiger partial charge in [-0.15, -0.1) is 0 Å². The van der Waals surface area contributed by atoms with Gasteiger partial charge in [-0.3, -0.25) is 14.4 Å². The molecule has 0 aliphatic heterocycles. The topological polar surface area (TPSA) is 125 Å². The highest BCUT2D eigenvalue weighted by Gasteiger charge is 2.18. The lowest BCUT2D eigenvalue weighted by atomic mass is 10.1. The van der Waals surface area contributed by atoms with E-state index in [4.69, 9.17) is 16.2 Å². The molecule has 25 heavy (non-hydrogen) atoms. The minimum atomic E-state index is -0.823. The Hall–Kier alpha value is -3.35. The number of carbonyl (C=O) groups excluding carboxylic acids is 3. The molecule has 0 heterocycles. The Labute approximate surface area is 145 Å². The quantitative estimate of drug-likeness (QED) is 0.642. The molecule has 0 aliphatic rings. The van der Waals surface area contributed by atoms with Gasteiger partial charge in [-0.25, -0.2) is 0 Å². The number of carbonyl (C=O) groups is 3. The predicted molar refractivity (Wildman–Crippen MR) is 91.7 cm³/mol. The molecule has 2 aromatic carbocycles. The Balaban J connectivity index is 1.88. The zero-order valence-corrected chi connectivity index (χ0v) is 13.5. The SMILES string of the molecule is NC(=O)c1ccc(OCC(=O)N[C@H](Cc2ccccc2)C(N)=O)cc1. The van der Waals surface area contributed by atoms with Crippen molar-refractivity contribution in [2.45, 2.75) is 12.5 Å². The Morgan fingerprint density at radius 1 is 0.960 bits per heavy atom. The van der Waals surface area contributed by atoms with Gasteiger partial charge >= 0.3 is 0 Å². The highest BCUT2D eigenvalue weighted by Crippen LogP contribution is 2.11. The lowest BCUT2D eigenvalue weighted by Gasteiger charge is -2.16.